The van der Waals surface area contributed by atoms with Gasteiger partial charge in [-0.1, -0.05) is 0 Å². The molecule has 0 aliphatic heterocycles. The minimum Gasteiger partial charge on any atom is -0.328 e. The van der Waals surface area contributed by atoms with Crippen LogP contribution in [0.1, 0.15) is 18.1 Å². The van der Waals surface area contributed by atoms with E-state index in [2.05, 4.69) is 0 Å². The second kappa shape index (κ2) is 4.00. The van der Waals surface area contributed by atoms with Crippen LogP contribution in [-0.2, 0) is 6.42 Å². The van der Waals surface area contributed by atoms with Crippen molar-refractivity contribution in [3.05, 3.63) is 34.6 Å². The molecule has 1 nitrogen and oxygen atoms in total. The summed E-state index contributed by atoms with van der Waals surface area (Å²) < 4.78 is 39.0. The van der Waals surface area contributed by atoms with E-state index in [9.17, 15) is 13.2 Å². The van der Waals surface area contributed by atoms with Crippen LogP contribution in [-0.4, -0.2) is 6.04 Å². The largest absolute Gasteiger partial charge is 0.328 e. The van der Waals surface area contributed by atoms with Crippen molar-refractivity contribution in [2.24, 2.45) is 5.73 Å². The Morgan fingerprint density at radius 3 is 2.36 bits per heavy atom. The van der Waals surface area contributed by atoms with Gasteiger partial charge in [0.1, 0.15) is 5.82 Å². The third kappa shape index (κ3) is 2.07. The van der Waals surface area contributed by atoms with E-state index in [1.54, 1.807) is 6.92 Å². The zero-order valence-electron chi connectivity index (χ0n) is 8.07. The molecule has 0 aromatic heterocycles. The van der Waals surface area contributed by atoms with Gasteiger partial charge in [0.15, 0.2) is 11.6 Å². The van der Waals surface area contributed by atoms with Crippen LogP contribution in [0.3, 0.4) is 0 Å². The zero-order chi connectivity index (χ0) is 10.9. The van der Waals surface area contributed by atoms with Crippen LogP contribution in [0.25, 0.3) is 0 Å². The van der Waals surface area contributed by atoms with Crippen LogP contribution in [0, 0.1) is 24.4 Å². The van der Waals surface area contributed by atoms with Crippen LogP contribution >= 0.6 is 0 Å². The summed E-state index contributed by atoms with van der Waals surface area (Å²) in [6.07, 6.45) is 0.131. The SMILES string of the molecule is Cc1c(F)cc(F)c(F)c1CC(C)N. The minimum absolute atomic E-state index is 0.0255. The number of benzene rings is 1. The van der Waals surface area contributed by atoms with Gasteiger partial charge in [-0.2, -0.15) is 0 Å². The molecule has 0 aliphatic rings. The van der Waals surface area contributed by atoms with Crippen molar-refractivity contribution in [1.82, 2.24) is 0 Å². The third-order valence-corrected chi connectivity index (χ3v) is 2.07. The normalized spacial score (nSPS) is 13.0. The summed E-state index contributed by atoms with van der Waals surface area (Å²) in [7, 11) is 0. The lowest BCUT2D eigenvalue weighted by Gasteiger charge is -2.11. The highest BCUT2D eigenvalue weighted by molar-refractivity contribution is 5.30. The van der Waals surface area contributed by atoms with Crippen LogP contribution in [0.5, 0.6) is 0 Å². The van der Waals surface area contributed by atoms with Gasteiger partial charge in [0.05, 0.1) is 0 Å². The molecule has 0 spiro atoms. The van der Waals surface area contributed by atoms with Gasteiger partial charge in [-0.15, -0.1) is 0 Å². The minimum atomic E-state index is -1.16. The van der Waals surface area contributed by atoms with Crippen molar-refractivity contribution in [2.45, 2.75) is 26.3 Å². The van der Waals surface area contributed by atoms with Crippen molar-refractivity contribution < 1.29 is 13.2 Å². The molecule has 2 N–H and O–H groups in total. The molecule has 0 bridgehead atoms. The molecule has 14 heavy (non-hydrogen) atoms. The Hall–Kier alpha value is -1.03. The summed E-state index contributed by atoms with van der Waals surface area (Å²) in [5.74, 6) is -2.90. The molecule has 1 aromatic rings. The Kier molecular flexibility index (Phi) is 3.16. The van der Waals surface area contributed by atoms with E-state index >= 15 is 0 Å². The fourth-order valence-electron chi connectivity index (χ4n) is 1.30. The van der Waals surface area contributed by atoms with Gasteiger partial charge in [-0.05, 0) is 31.4 Å². The van der Waals surface area contributed by atoms with Crippen LogP contribution in [0.2, 0.25) is 0 Å². The number of rotatable bonds is 2. The van der Waals surface area contributed by atoms with Gasteiger partial charge in [0.25, 0.3) is 0 Å². The first kappa shape index (κ1) is 11.0. The predicted molar refractivity (Wildman–Crippen MR) is 48.4 cm³/mol. The molecule has 0 heterocycles. The summed E-state index contributed by atoms with van der Waals surface area (Å²) in [4.78, 5) is 0. The average molecular weight is 203 g/mol. The molecule has 1 aromatic carbocycles. The molecular weight excluding hydrogens is 191 g/mol. The van der Waals surface area contributed by atoms with E-state index in [1.807, 2.05) is 0 Å². The average Bonchev–Trinajstić information content (AvgIpc) is 2.09. The molecule has 0 aliphatic carbocycles. The van der Waals surface area contributed by atoms with Gasteiger partial charge in [0.2, 0.25) is 0 Å². The van der Waals surface area contributed by atoms with Crippen molar-refractivity contribution in [3.63, 3.8) is 0 Å². The highest BCUT2D eigenvalue weighted by Gasteiger charge is 2.16. The first-order valence-electron chi connectivity index (χ1n) is 4.32. The van der Waals surface area contributed by atoms with Gasteiger partial charge in [-0.25, -0.2) is 13.2 Å². The van der Waals surface area contributed by atoms with Crippen molar-refractivity contribution in [1.29, 1.82) is 0 Å². The number of hydrogen-bond acceptors (Lipinski definition) is 1. The summed E-state index contributed by atoms with van der Waals surface area (Å²) >= 11 is 0. The molecule has 4 heteroatoms. The highest BCUT2D eigenvalue weighted by Crippen LogP contribution is 2.20. The summed E-state index contributed by atoms with van der Waals surface area (Å²) in [6, 6.07) is 0.222. The third-order valence-electron chi connectivity index (χ3n) is 2.07. The standard InChI is InChI=1S/C10H12F3N/c1-5(14)3-7-6(2)8(11)4-9(12)10(7)13/h4-5H,3,14H2,1-2H3. The Bertz CT molecular complexity index is 321. The van der Waals surface area contributed by atoms with E-state index < -0.39 is 17.5 Å². The molecule has 1 rings (SSSR count). The van der Waals surface area contributed by atoms with Gasteiger partial charge in [0, 0.05) is 12.1 Å². The van der Waals surface area contributed by atoms with E-state index in [0.717, 1.165) is 0 Å². The van der Waals surface area contributed by atoms with E-state index in [-0.39, 0.29) is 23.6 Å². The Labute approximate surface area is 80.7 Å². The lowest BCUT2D eigenvalue weighted by Crippen LogP contribution is -2.20. The molecule has 0 amide bonds. The maximum absolute atomic E-state index is 13.2. The van der Waals surface area contributed by atoms with Crippen molar-refractivity contribution in [3.8, 4) is 0 Å². The molecular formula is C10H12F3N. The molecule has 78 valence electrons. The van der Waals surface area contributed by atoms with E-state index in [0.29, 0.717) is 6.07 Å². The van der Waals surface area contributed by atoms with Crippen LogP contribution < -0.4 is 5.73 Å². The highest BCUT2D eigenvalue weighted by atomic mass is 19.2. The summed E-state index contributed by atoms with van der Waals surface area (Å²) in [6.45, 7) is 3.07. The maximum Gasteiger partial charge on any atom is 0.162 e. The van der Waals surface area contributed by atoms with Gasteiger partial charge in [-0.3, -0.25) is 0 Å². The number of hydrogen-bond donors (Lipinski definition) is 1. The lowest BCUT2D eigenvalue weighted by molar-refractivity contribution is 0.477. The monoisotopic (exact) mass is 203 g/mol. The molecule has 1 atom stereocenters. The first-order chi connectivity index (χ1) is 6.43. The number of nitrogens with two attached hydrogens (primary N) is 1. The molecule has 0 saturated heterocycles. The van der Waals surface area contributed by atoms with Gasteiger partial charge >= 0.3 is 0 Å². The fraction of sp³-hybridized carbons (Fsp3) is 0.400. The van der Waals surface area contributed by atoms with Crippen molar-refractivity contribution in [2.75, 3.05) is 0 Å². The molecule has 0 fully saturated rings. The second-order valence-corrected chi connectivity index (χ2v) is 3.44. The lowest BCUT2D eigenvalue weighted by atomic mass is 10.0. The quantitative estimate of drug-likeness (QED) is 0.733. The molecule has 0 saturated carbocycles. The summed E-state index contributed by atoms with van der Waals surface area (Å²) in [5.41, 5.74) is 5.60. The van der Waals surface area contributed by atoms with Crippen molar-refractivity contribution >= 4 is 0 Å². The smallest absolute Gasteiger partial charge is 0.162 e. The summed E-state index contributed by atoms with van der Waals surface area (Å²) in [5, 5.41) is 0. The Balaban J connectivity index is 3.25. The van der Waals surface area contributed by atoms with E-state index in [1.165, 1.54) is 6.92 Å². The zero-order valence-corrected chi connectivity index (χ0v) is 8.07. The topological polar surface area (TPSA) is 26.0 Å². The second-order valence-electron chi connectivity index (χ2n) is 3.44. The van der Waals surface area contributed by atoms with Crippen LogP contribution in [0.15, 0.2) is 6.07 Å². The Morgan fingerprint density at radius 2 is 1.86 bits per heavy atom. The van der Waals surface area contributed by atoms with Crippen LogP contribution in [0.4, 0.5) is 13.2 Å². The molecule has 0 radical (unpaired) electrons. The fourth-order valence-corrected chi connectivity index (χ4v) is 1.30. The van der Waals surface area contributed by atoms with Gasteiger partial charge < -0.3 is 5.73 Å². The Morgan fingerprint density at radius 1 is 1.29 bits per heavy atom. The first-order valence-corrected chi connectivity index (χ1v) is 4.32. The maximum atomic E-state index is 13.2. The predicted octanol–water partition coefficient (Wildman–Crippen LogP) is 2.30. The van der Waals surface area contributed by atoms with E-state index in [4.69, 9.17) is 5.73 Å². The number of halogens is 3. The molecule has 1 unspecified atom stereocenters.